The van der Waals surface area contributed by atoms with Crippen molar-refractivity contribution in [2.24, 2.45) is 0 Å². The van der Waals surface area contributed by atoms with Gasteiger partial charge in [-0.15, -0.1) is 0 Å². The molecule has 6 nitrogen and oxygen atoms in total. The van der Waals surface area contributed by atoms with E-state index in [9.17, 15) is 9.59 Å². The summed E-state index contributed by atoms with van der Waals surface area (Å²) in [5.41, 5.74) is 0. The van der Waals surface area contributed by atoms with Crippen LogP contribution in [0.1, 0.15) is 5.76 Å². The third-order valence-corrected chi connectivity index (χ3v) is 3.33. The largest absolute Gasteiger partial charge is 0.467 e. The second-order valence-corrected chi connectivity index (χ2v) is 5.06. The monoisotopic (exact) mass is 310 g/mol. The summed E-state index contributed by atoms with van der Waals surface area (Å²) < 4.78 is 6.83. The van der Waals surface area contributed by atoms with E-state index in [1.807, 2.05) is 42.7 Å². The number of furan rings is 1. The second kappa shape index (κ2) is 6.74. The molecule has 3 aromatic rings. The van der Waals surface area contributed by atoms with E-state index in [2.05, 4.69) is 10.6 Å². The molecule has 0 fully saturated rings. The number of benzene rings is 1. The summed E-state index contributed by atoms with van der Waals surface area (Å²) in [6.45, 7) is 0.300. The van der Waals surface area contributed by atoms with Gasteiger partial charge in [-0.25, -0.2) is 4.79 Å². The maximum absolute atomic E-state index is 11.9. The lowest BCUT2D eigenvalue weighted by Crippen LogP contribution is -2.47. The molecule has 0 aliphatic carbocycles. The van der Waals surface area contributed by atoms with Crippen molar-refractivity contribution in [1.29, 1.82) is 0 Å². The molecule has 0 saturated carbocycles. The minimum atomic E-state index is -0.548. The predicted molar refractivity (Wildman–Crippen MR) is 83.2 cm³/mol. The van der Waals surface area contributed by atoms with Gasteiger partial charge in [-0.05, 0) is 23.6 Å². The topological polar surface area (TPSA) is 75.2 Å². The number of urea groups is 1. The van der Waals surface area contributed by atoms with E-state index >= 15 is 0 Å². The highest BCUT2D eigenvalue weighted by atomic mass is 16.3. The number of amides is 3. The van der Waals surface area contributed by atoms with E-state index < -0.39 is 6.03 Å². The molecule has 0 radical (unpaired) electrons. The number of rotatable bonds is 4. The van der Waals surface area contributed by atoms with Crippen molar-refractivity contribution in [2.75, 3.05) is 0 Å². The molecule has 3 amide bonds. The minimum absolute atomic E-state index is 0.0685. The molecule has 116 valence electrons. The van der Waals surface area contributed by atoms with Crippen LogP contribution in [0.4, 0.5) is 4.79 Å². The first-order chi connectivity index (χ1) is 11.2. The highest BCUT2D eigenvalue weighted by Gasteiger charge is 2.13. The fourth-order valence-corrected chi connectivity index (χ4v) is 2.23. The first kappa shape index (κ1) is 14.8. The van der Waals surface area contributed by atoms with Crippen LogP contribution in [-0.2, 0) is 17.9 Å². The Morgan fingerprint density at radius 2 is 1.87 bits per heavy atom. The molecule has 0 saturated heterocycles. The van der Waals surface area contributed by atoms with Gasteiger partial charge in [-0.3, -0.25) is 10.1 Å². The van der Waals surface area contributed by atoms with Gasteiger partial charge in [-0.2, -0.15) is 4.57 Å². The Kier molecular flexibility index (Phi) is 4.33. The zero-order valence-corrected chi connectivity index (χ0v) is 12.4. The fraction of sp³-hybridized carbons (Fsp3) is 0.118. The van der Waals surface area contributed by atoms with Crippen molar-refractivity contribution in [2.45, 2.75) is 13.1 Å². The van der Waals surface area contributed by atoms with Crippen LogP contribution in [0.5, 0.6) is 0 Å². The molecule has 0 atom stereocenters. The SMILES string of the molecule is O=C(C[n+]1ccc2ccccc2c1)NC(=O)NCc1ccco1. The number of nitrogens with one attached hydrogen (secondary N) is 2. The highest BCUT2D eigenvalue weighted by molar-refractivity contribution is 5.93. The molecule has 6 heteroatoms. The smallest absolute Gasteiger partial charge is 0.322 e. The van der Waals surface area contributed by atoms with E-state index in [-0.39, 0.29) is 19.0 Å². The Hall–Kier alpha value is -3.15. The molecule has 0 aliphatic heterocycles. The molecular weight excluding hydrogens is 294 g/mol. The molecule has 0 unspecified atom stereocenters. The van der Waals surface area contributed by atoms with E-state index in [0.717, 1.165) is 10.8 Å². The minimum Gasteiger partial charge on any atom is -0.467 e. The number of imide groups is 1. The summed E-state index contributed by atoms with van der Waals surface area (Å²) in [5, 5.41) is 6.97. The Labute approximate surface area is 132 Å². The van der Waals surface area contributed by atoms with E-state index in [4.69, 9.17) is 4.42 Å². The molecule has 2 N–H and O–H groups in total. The van der Waals surface area contributed by atoms with Gasteiger partial charge in [0.25, 0.3) is 5.91 Å². The van der Waals surface area contributed by atoms with Gasteiger partial charge in [-0.1, -0.05) is 18.2 Å². The van der Waals surface area contributed by atoms with Crippen LogP contribution in [0.25, 0.3) is 10.8 Å². The summed E-state index contributed by atoms with van der Waals surface area (Å²) in [6.07, 6.45) is 5.20. The molecule has 0 spiro atoms. The van der Waals surface area contributed by atoms with E-state index in [1.54, 1.807) is 16.7 Å². The third-order valence-electron chi connectivity index (χ3n) is 3.33. The number of hydrogen-bond donors (Lipinski definition) is 2. The highest BCUT2D eigenvalue weighted by Crippen LogP contribution is 2.09. The lowest BCUT2D eigenvalue weighted by atomic mass is 10.2. The van der Waals surface area contributed by atoms with Gasteiger partial charge in [0.05, 0.1) is 12.8 Å². The number of hydrogen-bond acceptors (Lipinski definition) is 3. The molecular formula is C17H16N3O3+. The van der Waals surface area contributed by atoms with Crippen LogP contribution < -0.4 is 15.2 Å². The molecule has 0 bridgehead atoms. The Morgan fingerprint density at radius 3 is 2.65 bits per heavy atom. The van der Waals surface area contributed by atoms with Gasteiger partial charge < -0.3 is 9.73 Å². The average Bonchev–Trinajstić information content (AvgIpc) is 3.06. The maximum atomic E-state index is 11.9. The lowest BCUT2D eigenvalue weighted by molar-refractivity contribution is -0.683. The zero-order valence-electron chi connectivity index (χ0n) is 12.4. The molecule has 2 heterocycles. The summed E-state index contributed by atoms with van der Waals surface area (Å²) in [4.78, 5) is 23.6. The van der Waals surface area contributed by atoms with Gasteiger partial charge in [0.2, 0.25) is 6.54 Å². The van der Waals surface area contributed by atoms with Crippen molar-refractivity contribution in [3.05, 3.63) is 66.9 Å². The van der Waals surface area contributed by atoms with Crippen molar-refractivity contribution < 1.29 is 18.6 Å². The molecule has 1 aromatic carbocycles. The summed E-state index contributed by atoms with van der Waals surface area (Å²) in [6, 6.07) is 12.7. The number of fused-ring (bicyclic) bond motifs is 1. The Morgan fingerprint density at radius 1 is 1.04 bits per heavy atom. The summed E-state index contributed by atoms with van der Waals surface area (Å²) in [5.74, 6) is 0.235. The quantitative estimate of drug-likeness (QED) is 0.721. The third kappa shape index (κ3) is 3.94. The first-order valence-corrected chi connectivity index (χ1v) is 7.18. The van der Waals surface area contributed by atoms with Crippen molar-refractivity contribution in [1.82, 2.24) is 10.6 Å². The molecule has 23 heavy (non-hydrogen) atoms. The predicted octanol–water partition coefficient (Wildman–Crippen LogP) is 1.75. The summed E-state index contributed by atoms with van der Waals surface area (Å²) >= 11 is 0. The first-order valence-electron chi connectivity index (χ1n) is 7.18. The van der Waals surface area contributed by atoms with Crippen LogP contribution in [-0.4, -0.2) is 11.9 Å². The fourth-order valence-electron chi connectivity index (χ4n) is 2.23. The van der Waals surface area contributed by atoms with Gasteiger partial charge in [0.15, 0.2) is 12.4 Å². The lowest BCUT2D eigenvalue weighted by Gasteiger charge is -2.04. The van der Waals surface area contributed by atoms with E-state index in [0.29, 0.717) is 5.76 Å². The standard InChI is InChI=1S/C17H15N3O3/c21-16(19-17(22)18-10-15-6-3-9-23-15)12-20-8-7-13-4-1-2-5-14(13)11-20/h1-9,11H,10,12H2,(H-,18,19,21,22)/p+1. The number of aromatic nitrogens is 1. The Bertz CT molecular complexity index is 828. The van der Waals surface area contributed by atoms with Crippen molar-refractivity contribution >= 4 is 22.7 Å². The van der Waals surface area contributed by atoms with Crippen LogP contribution in [0.15, 0.2) is 65.5 Å². The van der Waals surface area contributed by atoms with Gasteiger partial charge >= 0.3 is 6.03 Å². The van der Waals surface area contributed by atoms with Gasteiger partial charge in [0, 0.05) is 11.5 Å². The van der Waals surface area contributed by atoms with Crippen LogP contribution in [0.2, 0.25) is 0 Å². The average molecular weight is 310 g/mol. The second-order valence-electron chi connectivity index (χ2n) is 5.06. The van der Waals surface area contributed by atoms with E-state index in [1.165, 1.54) is 6.26 Å². The number of carbonyl (C=O) groups excluding carboxylic acids is 2. The normalized spacial score (nSPS) is 10.4. The molecule has 3 rings (SSSR count). The number of carbonyl (C=O) groups is 2. The Balaban J connectivity index is 1.54. The van der Waals surface area contributed by atoms with Crippen LogP contribution >= 0.6 is 0 Å². The molecule has 0 aliphatic rings. The zero-order chi connectivity index (χ0) is 16.1. The van der Waals surface area contributed by atoms with Gasteiger partial charge in [0.1, 0.15) is 5.76 Å². The number of pyridine rings is 1. The van der Waals surface area contributed by atoms with Crippen molar-refractivity contribution in [3.8, 4) is 0 Å². The van der Waals surface area contributed by atoms with Crippen LogP contribution in [0, 0.1) is 0 Å². The summed E-state index contributed by atoms with van der Waals surface area (Å²) in [7, 11) is 0. The molecule has 2 aromatic heterocycles. The number of nitrogens with zero attached hydrogens (tertiary/aromatic N) is 1. The maximum Gasteiger partial charge on any atom is 0.322 e. The van der Waals surface area contributed by atoms with Crippen LogP contribution in [0.3, 0.4) is 0 Å². The van der Waals surface area contributed by atoms with Crippen molar-refractivity contribution in [3.63, 3.8) is 0 Å².